The lowest BCUT2D eigenvalue weighted by molar-refractivity contribution is -0.151. The second-order valence-electron chi connectivity index (χ2n) is 3.29. The fourth-order valence-electron chi connectivity index (χ4n) is 1.20. The predicted molar refractivity (Wildman–Crippen MR) is 67.4 cm³/mol. The zero-order valence-corrected chi connectivity index (χ0v) is 10.3. The van der Waals surface area contributed by atoms with Gasteiger partial charge in [-0.15, -0.1) is 0 Å². The van der Waals surface area contributed by atoms with E-state index in [1.54, 1.807) is 26.2 Å². The molecule has 0 radical (unpaired) electrons. The van der Waals surface area contributed by atoms with E-state index in [0.717, 1.165) is 11.8 Å². The average Bonchev–Trinajstić information content (AvgIpc) is 2.39. The van der Waals surface area contributed by atoms with E-state index < -0.39 is 11.8 Å². The first-order valence-corrected chi connectivity index (χ1v) is 5.45. The fourth-order valence-corrected chi connectivity index (χ4v) is 1.20. The summed E-state index contributed by atoms with van der Waals surface area (Å²) in [6.45, 7) is 1.82. The summed E-state index contributed by atoms with van der Waals surface area (Å²) in [6, 6.07) is 7.18. The van der Waals surface area contributed by atoms with Gasteiger partial charge in [-0.25, -0.2) is 4.79 Å². The minimum absolute atomic E-state index is 0.182. The SMILES string of the molecule is CCOC(=O)C(=O)C=CNc1cccc(OC)c1. The first-order chi connectivity index (χ1) is 8.67. The number of ketones is 1. The summed E-state index contributed by atoms with van der Waals surface area (Å²) in [5.41, 5.74) is 0.752. The Bertz CT molecular complexity index is 454. The molecule has 0 saturated carbocycles. The van der Waals surface area contributed by atoms with Crippen molar-refractivity contribution in [1.29, 1.82) is 0 Å². The van der Waals surface area contributed by atoms with Gasteiger partial charge in [-0.2, -0.15) is 0 Å². The second-order valence-corrected chi connectivity index (χ2v) is 3.29. The summed E-state index contributed by atoms with van der Waals surface area (Å²) in [5.74, 6) is -0.862. The van der Waals surface area contributed by atoms with Crippen LogP contribution in [0, 0.1) is 0 Å². The van der Waals surface area contributed by atoms with Gasteiger partial charge < -0.3 is 14.8 Å². The van der Waals surface area contributed by atoms with Gasteiger partial charge in [0.2, 0.25) is 0 Å². The van der Waals surface area contributed by atoms with Gasteiger partial charge in [0.05, 0.1) is 13.7 Å². The first-order valence-electron chi connectivity index (χ1n) is 5.45. The van der Waals surface area contributed by atoms with Gasteiger partial charge in [0.15, 0.2) is 0 Å². The van der Waals surface area contributed by atoms with Crippen LogP contribution in [0.4, 0.5) is 5.69 Å². The number of nitrogens with one attached hydrogen (secondary N) is 1. The van der Waals surface area contributed by atoms with Gasteiger partial charge in [-0.3, -0.25) is 4.79 Å². The molecular formula is C13H15NO4. The summed E-state index contributed by atoms with van der Waals surface area (Å²) in [4.78, 5) is 22.2. The third-order valence-corrected chi connectivity index (χ3v) is 2.03. The van der Waals surface area contributed by atoms with Crippen LogP contribution in [0.1, 0.15) is 6.92 Å². The average molecular weight is 249 g/mol. The Labute approximate surface area is 105 Å². The minimum atomic E-state index is -0.860. The van der Waals surface area contributed by atoms with Crippen LogP contribution in [0.3, 0.4) is 0 Å². The van der Waals surface area contributed by atoms with Crippen molar-refractivity contribution in [3.05, 3.63) is 36.5 Å². The molecule has 0 unspecified atom stereocenters. The van der Waals surface area contributed by atoms with Crippen LogP contribution in [-0.2, 0) is 14.3 Å². The lowest BCUT2D eigenvalue weighted by Gasteiger charge is -2.03. The highest BCUT2D eigenvalue weighted by Crippen LogP contribution is 2.16. The molecule has 5 heteroatoms. The topological polar surface area (TPSA) is 64.6 Å². The molecule has 1 N–H and O–H groups in total. The van der Waals surface area contributed by atoms with Gasteiger partial charge in [-0.1, -0.05) is 6.07 Å². The quantitative estimate of drug-likeness (QED) is 0.472. The standard InChI is InChI=1S/C13H15NO4/c1-3-18-13(16)12(15)7-8-14-10-5-4-6-11(9-10)17-2/h4-9,14H,3H2,1-2H3. The Morgan fingerprint density at radius 2 is 2.17 bits per heavy atom. The molecule has 96 valence electrons. The van der Waals surface area contributed by atoms with Crippen molar-refractivity contribution < 1.29 is 19.1 Å². The highest BCUT2D eigenvalue weighted by atomic mass is 16.5. The number of hydrogen-bond acceptors (Lipinski definition) is 5. The van der Waals surface area contributed by atoms with Gasteiger partial charge in [0.1, 0.15) is 5.75 Å². The molecule has 0 heterocycles. The lowest BCUT2D eigenvalue weighted by Crippen LogP contribution is -2.14. The van der Waals surface area contributed by atoms with Crippen molar-refractivity contribution in [1.82, 2.24) is 0 Å². The fraction of sp³-hybridized carbons (Fsp3) is 0.231. The van der Waals surface area contributed by atoms with Crippen LogP contribution in [0.2, 0.25) is 0 Å². The number of esters is 1. The van der Waals surface area contributed by atoms with E-state index in [0.29, 0.717) is 5.75 Å². The molecule has 0 aliphatic rings. The number of ether oxygens (including phenoxy) is 2. The molecule has 0 fully saturated rings. The summed E-state index contributed by atoms with van der Waals surface area (Å²) >= 11 is 0. The first kappa shape index (κ1) is 13.8. The van der Waals surface area contributed by atoms with Crippen molar-refractivity contribution in [2.24, 2.45) is 0 Å². The molecule has 5 nitrogen and oxygen atoms in total. The highest BCUT2D eigenvalue weighted by Gasteiger charge is 2.09. The number of benzene rings is 1. The molecule has 1 aromatic rings. The minimum Gasteiger partial charge on any atom is -0.497 e. The van der Waals surface area contributed by atoms with E-state index in [1.807, 2.05) is 12.1 Å². The van der Waals surface area contributed by atoms with E-state index in [9.17, 15) is 9.59 Å². The van der Waals surface area contributed by atoms with Crippen LogP contribution < -0.4 is 10.1 Å². The summed E-state index contributed by atoms with van der Waals surface area (Å²) in [7, 11) is 1.57. The third-order valence-electron chi connectivity index (χ3n) is 2.03. The smallest absolute Gasteiger partial charge is 0.379 e. The Balaban J connectivity index is 2.53. The zero-order chi connectivity index (χ0) is 13.4. The van der Waals surface area contributed by atoms with Crippen molar-refractivity contribution in [3.63, 3.8) is 0 Å². The van der Waals surface area contributed by atoms with Crippen LogP contribution in [-0.4, -0.2) is 25.5 Å². The third kappa shape index (κ3) is 4.29. The van der Waals surface area contributed by atoms with E-state index in [-0.39, 0.29) is 6.61 Å². The predicted octanol–water partition coefficient (Wildman–Crippen LogP) is 1.75. The number of methoxy groups -OCH3 is 1. The maximum atomic E-state index is 11.2. The summed E-state index contributed by atoms with van der Waals surface area (Å²) < 4.78 is 9.60. The van der Waals surface area contributed by atoms with Gasteiger partial charge in [0, 0.05) is 24.0 Å². The largest absolute Gasteiger partial charge is 0.497 e. The summed E-state index contributed by atoms with van der Waals surface area (Å²) in [6.07, 6.45) is 2.51. The molecular weight excluding hydrogens is 234 g/mol. The molecule has 0 bridgehead atoms. The van der Waals surface area contributed by atoms with Crippen LogP contribution in [0.25, 0.3) is 0 Å². The van der Waals surface area contributed by atoms with Gasteiger partial charge >= 0.3 is 5.97 Å². The maximum absolute atomic E-state index is 11.2. The van der Waals surface area contributed by atoms with Crippen molar-refractivity contribution in [3.8, 4) is 5.75 Å². The molecule has 0 aliphatic carbocycles. The normalized spacial score (nSPS) is 10.1. The maximum Gasteiger partial charge on any atom is 0.379 e. The van der Waals surface area contributed by atoms with Crippen LogP contribution >= 0.6 is 0 Å². The monoisotopic (exact) mass is 249 g/mol. The number of carbonyl (C=O) groups is 2. The molecule has 0 aromatic heterocycles. The highest BCUT2D eigenvalue weighted by molar-refractivity contribution is 6.38. The van der Waals surface area contributed by atoms with E-state index in [2.05, 4.69) is 10.1 Å². The Morgan fingerprint density at radius 3 is 2.83 bits per heavy atom. The van der Waals surface area contributed by atoms with E-state index in [4.69, 9.17) is 4.74 Å². The van der Waals surface area contributed by atoms with Crippen molar-refractivity contribution in [2.45, 2.75) is 6.92 Å². The Morgan fingerprint density at radius 1 is 1.39 bits per heavy atom. The summed E-state index contributed by atoms with van der Waals surface area (Å²) in [5, 5.41) is 2.86. The molecule has 0 atom stereocenters. The van der Waals surface area contributed by atoms with Crippen LogP contribution in [0.15, 0.2) is 36.5 Å². The van der Waals surface area contributed by atoms with Gasteiger partial charge in [0.25, 0.3) is 5.78 Å². The lowest BCUT2D eigenvalue weighted by atomic mass is 10.3. The van der Waals surface area contributed by atoms with E-state index in [1.165, 1.54) is 6.20 Å². The molecule has 18 heavy (non-hydrogen) atoms. The number of anilines is 1. The van der Waals surface area contributed by atoms with Crippen molar-refractivity contribution in [2.75, 3.05) is 19.0 Å². The Hall–Kier alpha value is -2.30. The van der Waals surface area contributed by atoms with Crippen LogP contribution in [0.5, 0.6) is 5.75 Å². The molecule has 0 spiro atoms. The Kier molecular flexibility index (Phi) is 5.44. The molecule has 0 aliphatic heterocycles. The molecule has 1 rings (SSSR count). The molecule has 1 aromatic carbocycles. The number of carbonyl (C=O) groups excluding carboxylic acids is 2. The second kappa shape index (κ2) is 7.11. The zero-order valence-electron chi connectivity index (χ0n) is 10.3. The molecule has 0 saturated heterocycles. The van der Waals surface area contributed by atoms with E-state index >= 15 is 0 Å². The number of hydrogen-bond donors (Lipinski definition) is 1. The number of rotatable bonds is 6. The van der Waals surface area contributed by atoms with Gasteiger partial charge in [-0.05, 0) is 19.1 Å². The van der Waals surface area contributed by atoms with Crippen molar-refractivity contribution >= 4 is 17.4 Å². The molecule has 0 amide bonds.